The molecule has 2 aromatic heterocycles. The molecule has 0 atom stereocenters. The van der Waals surface area contributed by atoms with Gasteiger partial charge < -0.3 is 10.1 Å². The number of hydrogen-bond acceptors (Lipinski definition) is 5. The summed E-state index contributed by atoms with van der Waals surface area (Å²) in [7, 11) is 0. The summed E-state index contributed by atoms with van der Waals surface area (Å²) >= 11 is 0. The van der Waals surface area contributed by atoms with E-state index in [9.17, 15) is 9.59 Å². The van der Waals surface area contributed by atoms with Gasteiger partial charge in [0.05, 0.1) is 18.8 Å². The molecule has 172 valence electrons. The van der Waals surface area contributed by atoms with E-state index in [2.05, 4.69) is 10.3 Å². The Kier molecular flexibility index (Phi) is 7.45. The van der Waals surface area contributed by atoms with Crippen molar-refractivity contribution in [2.45, 2.75) is 26.3 Å². The second-order valence-electron chi connectivity index (χ2n) is 7.74. The fourth-order valence-electron chi connectivity index (χ4n) is 3.66. The van der Waals surface area contributed by atoms with E-state index in [-0.39, 0.29) is 11.9 Å². The largest absolute Gasteiger partial charge is 0.466 e. The predicted molar refractivity (Wildman–Crippen MR) is 130 cm³/mol. The number of aromatic nitrogens is 3. The second-order valence-corrected chi connectivity index (χ2v) is 7.74. The van der Waals surface area contributed by atoms with Gasteiger partial charge in [-0.2, -0.15) is 5.10 Å². The van der Waals surface area contributed by atoms with E-state index in [1.807, 2.05) is 65.5 Å². The topological polar surface area (TPSA) is 86.1 Å². The summed E-state index contributed by atoms with van der Waals surface area (Å²) in [6, 6.07) is 22.7. The lowest BCUT2D eigenvalue weighted by Crippen LogP contribution is -2.13. The molecule has 0 radical (unpaired) electrons. The Labute approximate surface area is 198 Å². The zero-order chi connectivity index (χ0) is 23.8. The summed E-state index contributed by atoms with van der Waals surface area (Å²) in [5.41, 5.74) is 4.29. The third-order valence-corrected chi connectivity index (χ3v) is 5.23. The number of carbonyl (C=O) groups excluding carboxylic acids is 2. The van der Waals surface area contributed by atoms with Crippen molar-refractivity contribution in [3.05, 3.63) is 102 Å². The van der Waals surface area contributed by atoms with Crippen molar-refractivity contribution in [1.82, 2.24) is 14.8 Å². The van der Waals surface area contributed by atoms with Crippen molar-refractivity contribution in [1.29, 1.82) is 0 Å². The SMILES string of the molecule is CCOC(=O)CCc1cn(Cc2cccc(C(=O)Nc3ccccn3)c2)nc1-c1ccccc1. The average molecular weight is 455 g/mol. The van der Waals surface area contributed by atoms with Crippen molar-refractivity contribution in [2.24, 2.45) is 0 Å². The van der Waals surface area contributed by atoms with Crippen molar-refractivity contribution < 1.29 is 14.3 Å². The van der Waals surface area contributed by atoms with Crippen LogP contribution in [0.1, 0.15) is 34.8 Å². The minimum atomic E-state index is -0.221. The molecule has 0 aliphatic rings. The van der Waals surface area contributed by atoms with Crippen LogP contribution in [0.4, 0.5) is 5.82 Å². The standard InChI is InChI=1S/C27H26N4O3/c1-2-34-25(32)15-14-23-19-31(30-26(23)21-10-4-3-5-11-21)18-20-9-8-12-22(17-20)27(33)29-24-13-6-7-16-28-24/h3-13,16-17,19H,2,14-15,18H2,1H3,(H,28,29,33). The molecule has 0 saturated heterocycles. The number of ether oxygens (including phenoxy) is 1. The highest BCUT2D eigenvalue weighted by Gasteiger charge is 2.14. The van der Waals surface area contributed by atoms with Crippen molar-refractivity contribution in [3.8, 4) is 11.3 Å². The molecule has 0 saturated carbocycles. The van der Waals surface area contributed by atoms with E-state index < -0.39 is 0 Å². The van der Waals surface area contributed by atoms with Gasteiger partial charge in [0.15, 0.2) is 0 Å². The number of benzene rings is 2. The number of hydrogen-bond donors (Lipinski definition) is 1. The van der Waals surface area contributed by atoms with Crippen LogP contribution in [0.25, 0.3) is 11.3 Å². The molecule has 4 aromatic rings. The van der Waals surface area contributed by atoms with Crippen LogP contribution in [0.5, 0.6) is 0 Å². The number of carbonyl (C=O) groups is 2. The van der Waals surface area contributed by atoms with Crippen LogP contribution in [-0.4, -0.2) is 33.2 Å². The first-order valence-corrected chi connectivity index (χ1v) is 11.2. The fraction of sp³-hybridized carbons (Fsp3) is 0.185. The molecule has 34 heavy (non-hydrogen) atoms. The van der Waals surface area contributed by atoms with E-state index in [0.29, 0.717) is 37.4 Å². The Balaban J connectivity index is 1.53. The maximum absolute atomic E-state index is 12.6. The molecule has 0 fully saturated rings. The van der Waals surface area contributed by atoms with Crippen LogP contribution in [0.15, 0.2) is 85.2 Å². The van der Waals surface area contributed by atoms with Gasteiger partial charge in [0.25, 0.3) is 5.91 Å². The molecule has 7 nitrogen and oxygen atoms in total. The van der Waals surface area contributed by atoms with Crippen molar-refractivity contribution in [2.75, 3.05) is 11.9 Å². The first-order valence-electron chi connectivity index (χ1n) is 11.2. The second kappa shape index (κ2) is 11.0. The Hall–Kier alpha value is -4.26. The maximum Gasteiger partial charge on any atom is 0.306 e. The van der Waals surface area contributed by atoms with Gasteiger partial charge in [-0.3, -0.25) is 14.3 Å². The highest BCUT2D eigenvalue weighted by Crippen LogP contribution is 2.24. The molecule has 0 spiro atoms. The summed E-state index contributed by atoms with van der Waals surface area (Å²) in [5.74, 6) is 0.0609. The van der Waals surface area contributed by atoms with E-state index in [1.165, 1.54) is 0 Å². The van der Waals surface area contributed by atoms with Crippen LogP contribution in [-0.2, 0) is 22.5 Å². The molecule has 0 aliphatic heterocycles. The lowest BCUT2D eigenvalue weighted by atomic mass is 10.0. The summed E-state index contributed by atoms with van der Waals surface area (Å²) in [4.78, 5) is 28.7. The predicted octanol–water partition coefficient (Wildman–Crippen LogP) is 4.74. The fourth-order valence-corrected chi connectivity index (χ4v) is 3.66. The van der Waals surface area contributed by atoms with Gasteiger partial charge in [-0.25, -0.2) is 4.98 Å². The summed E-state index contributed by atoms with van der Waals surface area (Å²) in [6.45, 7) is 2.66. The maximum atomic E-state index is 12.6. The molecule has 2 aromatic carbocycles. The first-order chi connectivity index (χ1) is 16.6. The Morgan fingerprint density at radius 3 is 2.59 bits per heavy atom. The van der Waals surface area contributed by atoms with Gasteiger partial charge in [-0.15, -0.1) is 0 Å². The van der Waals surface area contributed by atoms with Crippen LogP contribution in [0.2, 0.25) is 0 Å². The van der Waals surface area contributed by atoms with E-state index >= 15 is 0 Å². The molecule has 0 aliphatic carbocycles. The Morgan fingerprint density at radius 1 is 1.00 bits per heavy atom. The third-order valence-electron chi connectivity index (χ3n) is 5.23. The van der Waals surface area contributed by atoms with E-state index in [0.717, 1.165) is 22.4 Å². The third kappa shape index (κ3) is 5.95. The molecule has 4 rings (SSSR count). The molecule has 0 bridgehead atoms. The number of aryl methyl sites for hydroxylation is 1. The number of rotatable bonds is 9. The van der Waals surface area contributed by atoms with Crippen LogP contribution in [0, 0.1) is 0 Å². The average Bonchev–Trinajstić information content (AvgIpc) is 3.27. The van der Waals surface area contributed by atoms with Gasteiger partial charge in [0.1, 0.15) is 5.82 Å². The molecule has 0 unspecified atom stereocenters. The van der Waals surface area contributed by atoms with Crippen LogP contribution < -0.4 is 5.32 Å². The lowest BCUT2D eigenvalue weighted by Gasteiger charge is -2.07. The quantitative estimate of drug-likeness (QED) is 0.369. The van der Waals surface area contributed by atoms with Gasteiger partial charge in [-0.05, 0) is 48.7 Å². The minimum Gasteiger partial charge on any atom is -0.466 e. The molecule has 1 amide bonds. The molecule has 7 heteroatoms. The number of anilines is 1. The van der Waals surface area contributed by atoms with Crippen LogP contribution in [0.3, 0.4) is 0 Å². The molecule has 1 N–H and O–H groups in total. The lowest BCUT2D eigenvalue weighted by molar-refractivity contribution is -0.143. The zero-order valence-corrected chi connectivity index (χ0v) is 19.0. The first kappa shape index (κ1) is 22.9. The molecule has 2 heterocycles. The smallest absolute Gasteiger partial charge is 0.306 e. The minimum absolute atomic E-state index is 0.221. The van der Waals surface area contributed by atoms with E-state index in [1.54, 1.807) is 31.3 Å². The highest BCUT2D eigenvalue weighted by atomic mass is 16.5. The van der Waals surface area contributed by atoms with Crippen molar-refractivity contribution in [3.63, 3.8) is 0 Å². The number of pyridine rings is 1. The number of nitrogens with one attached hydrogen (secondary N) is 1. The highest BCUT2D eigenvalue weighted by molar-refractivity contribution is 6.03. The number of nitrogens with zero attached hydrogens (tertiary/aromatic N) is 3. The van der Waals surface area contributed by atoms with Crippen LogP contribution >= 0.6 is 0 Å². The Morgan fingerprint density at radius 2 is 1.82 bits per heavy atom. The van der Waals surface area contributed by atoms with E-state index in [4.69, 9.17) is 9.84 Å². The summed E-state index contributed by atoms with van der Waals surface area (Å²) in [6.07, 6.45) is 4.42. The molecular weight excluding hydrogens is 428 g/mol. The molecular formula is C27H26N4O3. The zero-order valence-electron chi connectivity index (χ0n) is 19.0. The van der Waals surface area contributed by atoms with Gasteiger partial charge in [-0.1, -0.05) is 48.5 Å². The summed E-state index contributed by atoms with van der Waals surface area (Å²) in [5, 5.41) is 7.60. The normalized spacial score (nSPS) is 10.6. The van der Waals surface area contributed by atoms with Gasteiger partial charge >= 0.3 is 5.97 Å². The van der Waals surface area contributed by atoms with Gasteiger partial charge in [0.2, 0.25) is 0 Å². The summed E-state index contributed by atoms with van der Waals surface area (Å²) < 4.78 is 6.93. The Bertz CT molecular complexity index is 1250. The number of amides is 1. The van der Waals surface area contributed by atoms with Gasteiger partial charge in [0, 0.05) is 29.9 Å². The monoisotopic (exact) mass is 454 g/mol. The van der Waals surface area contributed by atoms with Crippen molar-refractivity contribution >= 4 is 17.7 Å². The number of esters is 1.